The van der Waals surface area contributed by atoms with Gasteiger partial charge in [-0.05, 0) is 13.0 Å². The summed E-state index contributed by atoms with van der Waals surface area (Å²) in [6.45, 7) is 1.34. The number of methoxy groups -OCH3 is 1. The molecule has 0 spiro atoms. The molecule has 0 aliphatic rings. The molecular formula is C15H15N3O5. The van der Waals surface area contributed by atoms with Gasteiger partial charge in [0.1, 0.15) is 5.69 Å². The number of rotatable bonds is 4. The maximum absolute atomic E-state index is 12.0. The smallest absolute Gasteiger partial charge is 0.413 e. The van der Waals surface area contributed by atoms with Crippen molar-refractivity contribution < 1.29 is 23.9 Å². The summed E-state index contributed by atoms with van der Waals surface area (Å²) in [4.78, 5) is 34.5. The summed E-state index contributed by atoms with van der Waals surface area (Å²) in [6.07, 6.45) is -2.09. The van der Waals surface area contributed by atoms with E-state index in [1.54, 1.807) is 0 Å². The van der Waals surface area contributed by atoms with Gasteiger partial charge >= 0.3 is 12.1 Å². The quantitative estimate of drug-likeness (QED) is 0.827. The molecule has 0 aliphatic carbocycles. The number of imide groups is 1. The Morgan fingerprint density at radius 2 is 1.91 bits per heavy atom. The lowest BCUT2D eigenvalue weighted by molar-refractivity contribution is -0.128. The van der Waals surface area contributed by atoms with E-state index in [9.17, 15) is 14.4 Å². The molecule has 1 aromatic heterocycles. The van der Waals surface area contributed by atoms with Crippen LogP contribution < -0.4 is 5.32 Å². The molecule has 0 aliphatic heterocycles. The van der Waals surface area contributed by atoms with Gasteiger partial charge in [0.25, 0.3) is 5.91 Å². The van der Waals surface area contributed by atoms with E-state index in [0.29, 0.717) is 5.69 Å². The van der Waals surface area contributed by atoms with Gasteiger partial charge in [-0.1, -0.05) is 30.3 Å². The third-order valence-corrected chi connectivity index (χ3v) is 2.93. The molecule has 0 unspecified atom stereocenters. The van der Waals surface area contributed by atoms with Crippen LogP contribution in [0, 0.1) is 0 Å². The molecule has 0 fully saturated rings. The number of nitrogens with zero attached hydrogens (tertiary/aromatic N) is 1. The van der Waals surface area contributed by atoms with Crippen molar-refractivity contribution in [2.24, 2.45) is 0 Å². The highest BCUT2D eigenvalue weighted by Gasteiger charge is 2.22. The molecule has 8 nitrogen and oxygen atoms in total. The van der Waals surface area contributed by atoms with E-state index in [-0.39, 0.29) is 5.69 Å². The first-order chi connectivity index (χ1) is 11.0. The van der Waals surface area contributed by atoms with Crippen molar-refractivity contribution in [2.75, 3.05) is 7.11 Å². The van der Waals surface area contributed by atoms with E-state index < -0.39 is 24.1 Å². The van der Waals surface area contributed by atoms with E-state index in [0.717, 1.165) is 12.7 Å². The lowest BCUT2D eigenvalue weighted by Crippen LogP contribution is -2.39. The first kappa shape index (κ1) is 16.2. The zero-order valence-corrected chi connectivity index (χ0v) is 12.5. The van der Waals surface area contributed by atoms with Crippen LogP contribution in [0.4, 0.5) is 4.79 Å². The minimum absolute atomic E-state index is 0.0987. The number of esters is 1. The molecule has 1 heterocycles. The second kappa shape index (κ2) is 7.21. The topological polar surface area (TPSA) is 110 Å². The molecule has 1 aromatic carbocycles. The zero-order valence-electron chi connectivity index (χ0n) is 12.5. The second-order valence-electron chi connectivity index (χ2n) is 4.56. The van der Waals surface area contributed by atoms with Crippen molar-refractivity contribution >= 4 is 18.0 Å². The fourth-order valence-electron chi connectivity index (χ4n) is 1.71. The van der Waals surface area contributed by atoms with Crippen molar-refractivity contribution in [3.63, 3.8) is 0 Å². The number of nitrogens with one attached hydrogen (secondary N) is 2. The zero-order chi connectivity index (χ0) is 16.8. The standard InChI is InChI=1S/C15H15N3O5/c1-9(13(19)16-15(21)22-2)23-14(20)12-8-11(17-18-12)10-6-4-3-5-7-10/h3-9H,1-2H3,(H,17,18)(H,16,19,21)/t9-/m0/s1. The van der Waals surface area contributed by atoms with E-state index in [1.165, 1.54) is 13.0 Å². The first-order valence-electron chi connectivity index (χ1n) is 6.72. The van der Waals surface area contributed by atoms with Crippen molar-refractivity contribution in [1.82, 2.24) is 15.5 Å². The van der Waals surface area contributed by atoms with E-state index >= 15 is 0 Å². The highest BCUT2D eigenvalue weighted by Crippen LogP contribution is 2.17. The van der Waals surface area contributed by atoms with E-state index in [1.807, 2.05) is 35.6 Å². The average Bonchev–Trinajstić information content (AvgIpc) is 3.05. The van der Waals surface area contributed by atoms with Gasteiger partial charge in [0, 0.05) is 5.56 Å². The predicted octanol–water partition coefficient (Wildman–Crippen LogP) is 1.50. The molecule has 23 heavy (non-hydrogen) atoms. The molecule has 0 saturated carbocycles. The maximum atomic E-state index is 12.0. The number of hydrogen-bond acceptors (Lipinski definition) is 6. The number of carbonyl (C=O) groups is 3. The van der Waals surface area contributed by atoms with Gasteiger partial charge in [-0.3, -0.25) is 15.2 Å². The van der Waals surface area contributed by atoms with Gasteiger partial charge in [-0.15, -0.1) is 0 Å². The number of aromatic amines is 1. The Balaban J connectivity index is 2.00. The minimum Gasteiger partial charge on any atom is -0.453 e. The summed E-state index contributed by atoms with van der Waals surface area (Å²) in [5.41, 5.74) is 1.50. The second-order valence-corrected chi connectivity index (χ2v) is 4.56. The minimum atomic E-state index is -1.16. The molecule has 0 radical (unpaired) electrons. The molecule has 2 N–H and O–H groups in total. The summed E-state index contributed by atoms with van der Waals surface area (Å²) in [7, 11) is 1.12. The summed E-state index contributed by atoms with van der Waals surface area (Å²) in [5.74, 6) is -1.54. The van der Waals surface area contributed by atoms with Gasteiger partial charge in [0.15, 0.2) is 6.10 Å². The van der Waals surface area contributed by atoms with Crippen LogP contribution in [0.3, 0.4) is 0 Å². The van der Waals surface area contributed by atoms with E-state index in [2.05, 4.69) is 14.9 Å². The van der Waals surface area contributed by atoms with Crippen LogP contribution in [-0.4, -0.2) is 41.4 Å². The first-order valence-corrected chi connectivity index (χ1v) is 6.72. The summed E-state index contributed by atoms with van der Waals surface area (Å²) >= 11 is 0. The number of carbonyl (C=O) groups excluding carboxylic acids is 3. The lowest BCUT2D eigenvalue weighted by Gasteiger charge is -2.11. The van der Waals surface area contributed by atoms with Crippen molar-refractivity contribution in [2.45, 2.75) is 13.0 Å². The number of alkyl carbamates (subject to hydrolysis) is 1. The summed E-state index contributed by atoms with van der Waals surface area (Å²) in [6, 6.07) is 10.8. The Kier molecular flexibility index (Phi) is 5.08. The average molecular weight is 317 g/mol. The summed E-state index contributed by atoms with van der Waals surface area (Å²) < 4.78 is 9.25. The monoisotopic (exact) mass is 317 g/mol. The number of aromatic nitrogens is 2. The molecule has 2 rings (SSSR count). The molecule has 120 valence electrons. The van der Waals surface area contributed by atoms with Crippen LogP contribution in [0.25, 0.3) is 11.3 Å². The van der Waals surface area contributed by atoms with Gasteiger partial charge in [-0.25, -0.2) is 9.59 Å². The van der Waals surface area contributed by atoms with Crippen LogP contribution >= 0.6 is 0 Å². The molecule has 8 heteroatoms. The number of benzene rings is 1. The Labute approximate surface area is 131 Å². The van der Waals surface area contributed by atoms with Gasteiger partial charge < -0.3 is 9.47 Å². The van der Waals surface area contributed by atoms with Crippen LogP contribution in [-0.2, 0) is 14.3 Å². The largest absolute Gasteiger partial charge is 0.453 e. The summed E-state index contributed by atoms with van der Waals surface area (Å²) in [5, 5.41) is 8.49. The van der Waals surface area contributed by atoms with Crippen LogP contribution in [0.2, 0.25) is 0 Å². The van der Waals surface area contributed by atoms with Gasteiger partial charge in [0.05, 0.1) is 12.8 Å². The van der Waals surface area contributed by atoms with Crippen LogP contribution in [0.5, 0.6) is 0 Å². The fraction of sp³-hybridized carbons (Fsp3) is 0.200. The molecule has 2 aromatic rings. The Bertz CT molecular complexity index is 711. The molecule has 2 amide bonds. The number of ether oxygens (including phenoxy) is 2. The molecular weight excluding hydrogens is 302 g/mol. The highest BCUT2D eigenvalue weighted by atomic mass is 16.6. The van der Waals surface area contributed by atoms with Gasteiger partial charge in [0.2, 0.25) is 0 Å². The van der Waals surface area contributed by atoms with Crippen LogP contribution in [0.15, 0.2) is 36.4 Å². The third kappa shape index (κ3) is 4.16. The van der Waals surface area contributed by atoms with E-state index in [4.69, 9.17) is 4.74 Å². The maximum Gasteiger partial charge on any atom is 0.413 e. The van der Waals surface area contributed by atoms with Crippen molar-refractivity contribution in [1.29, 1.82) is 0 Å². The number of amides is 2. The Morgan fingerprint density at radius 1 is 1.22 bits per heavy atom. The number of H-pyrrole nitrogens is 1. The lowest BCUT2D eigenvalue weighted by atomic mass is 10.1. The van der Waals surface area contributed by atoms with Crippen molar-refractivity contribution in [3.05, 3.63) is 42.1 Å². The SMILES string of the molecule is COC(=O)NC(=O)[C@H](C)OC(=O)c1cc(-c2ccccc2)n[nH]1. The Morgan fingerprint density at radius 3 is 2.57 bits per heavy atom. The number of hydrogen-bond donors (Lipinski definition) is 2. The van der Waals surface area contributed by atoms with Crippen molar-refractivity contribution in [3.8, 4) is 11.3 Å². The Hall–Kier alpha value is -3.16. The van der Waals surface area contributed by atoms with Crippen LogP contribution in [0.1, 0.15) is 17.4 Å². The normalized spacial score (nSPS) is 11.4. The molecule has 1 atom stereocenters. The molecule has 0 saturated heterocycles. The molecule has 0 bridgehead atoms. The van der Waals surface area contributed by atoms with Gasteiger partial charge in [-0.2, -0.15) is 5.10 Å². The highest BCUT2D eigenvalue weighted by molar-refractivity contribution is 5.96. The third-order valence-electron chi connectivity index (χ3n) is 2.93. The predicted molar refractivity (Wildman–Crippen MR) is 79.4 cm³/mol. The fourth-order valence-corrected chi connectivity index (χ4v) is 1.71.